The zero-order valence-electron chi connectivity index (χ0n) is 23.1. The van der Waals surface area contributed by atoms with Crippen LogP contribution in [0.15, 0.2) is 53.6 Å². The first-order chi connectivity index (χ1) is 18.3. The molecular weight excluding hydrogens is 521 g/mol. The third kappa shape index (κ3) is 7.44. The largest absolute Gasteiger partial charge is 0.493 e. The summed E-state index contributed by atoms with van der Waals surface area (Å²) in [6.45, 7) is 12.3. The fourth-order valence-electron chi connectivity index (χ4n) is 4.01. The van der Waals surface area contributed by atoms with Gasteiger partial charge in [-0.15, -0.1) is 0 Å². The number of nitrogens with two attached hydrogens (primary N) is 1. The lowest BCUT2D eigenvalue weighted by Gasteiger charge is -2.35. The van der Waals surface area contributed by atoms with E-state index in [1.54, 1.807) is 12.1 Å². The van der Waals surface area contributed by atoms with E-state index in [1.807, 2.05) is 46.4 Å². The fourth-order valence-corrected chi connectivity index (χ4v) is 4.95. The molecule has 0 radical (unpaired) electrons. The van der Waals surface area contributed by atoms with Crippen LogP contribution in [0.3, 0.4) is 0 Å². The van der Waals surface area contributed by atoms with Gasteiger partial charge in [-0.25, -0.2) is 19.1 Å². The lowest BCUT2D eigenvalue weighted by Crippen LogP contribution is -2.41. The molecule has 0 unspecified atom stereocenters. The summed E-state index contributed by atoms with van der Waals surface area (Å²) in [5.41, 5.74) is 6.55. The zero-order chi connectivity index (χ0) is 28.9. The van der Waals surface area contributed by atoms with Gasteiger partial charge in [0.2, 0.25) is 0 Å². The predicted molar refractivity (Wildman–Crippen MR) is 151 cm³/mol. The average Bonchev–Trinajstić information content (AvgIpc) is 2.86. The van der Waals surface area contributed by atoms with Crippen molar-refractivity contribution in [3.63, 3.8) is 0 Å². The van der Waals surface area contributed by atoms with Gasteiger partial charge < -0.3 is 15.4 Å². The molecule has 1 atom stereocenters. The Morgan fingerprint density at radius 3 is 2.41 bits per heavy atom. The maximum Gasteiger partial charge on any atom is 0.281 e. The summed E-state index contributed by atoms with van der Waals surface area (Å²) < 4.78 is 48.1. The monoisotopic (exact) mass is 557 g/mol. The molecule has 0 aliphatic carbocycles. The number of rotatable bonds is 11. The smallest absolute Gasteiger partial charge is 0.281 e. The minimum atomic E-state index is -4.31. The van der Waals surface area contributed by atoms with Crippen molar-refractivity contribution in [3.05, 3.63) is 59.9 Å². The normalized spacial score (nSPS) is 12.4. The molecule has 2 heterocycles. The van der Waals surface area contributed by atoms with Gasteiger partial charge in [-0.05, 0) is 69.5 Å². The van der Waals surface area contributed by atoms with Crippen molar-refractivity contribution >= 4 is 27.6 Å². The SMILES string of the molecule is CC[C@H](C)N(c1nc(-c2cc(F)cc(OCC(C)C)c2)ccc1C(=O)NS(=O)(=O)c1cccc(N)n1)C(C)C. The quantitative estimate of drug-likeness (QED) is 0.336. The third-order valence-electron chi connectivity index (χ3n) is 5.98. The average molecular weight is 558 g/mol. The van der Waals surface area contributed by atoms with Gasteiger partial charge in [-0.3, -0.25) is 4.79 Å². The number of carbonyl (C=O) groups is 1. The van der Waals surface area contributed by atoms with Gasteiger partial charge >= 0.3 is 0 Å². The van der Waals surface area contributed by atoms with Crippen LogP contribution < -0.4 is 20.1 Å². The molecule has 0 spiro atoms. The van der Waals surface area contributed by atoms with Crippen LogP contribution in [-0.4, -0.2) is 43.0 Å². The van der Waals surface area contributed by atoms with Crippen molar-refractivity contribution in [2.45, 2.75) is 65.1 Å². The highest BCUT2D eigenvalue weighted by Gasteiger charge is 2.28. The Kier molecular flexibility index (Phi) is 9.49. The molecule has 11 heteroatoms. The van der Waals surface area contributed by atoms with E-state index in [-0.39, 0.29) is 40.2 Å². The summed E-state index contributed by atoms with van der Waals surface area (Å²) in [5, 5.41) is -0.377. The number of nitrogens with one attached hydrogen (secondary N) is 1. The lowest BCUT2D eigenvalue weighted by atomic mass is 10.1. The molecular formula is C28H36FN5O4S. The van der Waals surface area contributed by atoms with Crippen LogP contribution >= 0.6 is 0 Å². The minimum absolute atomic E-state index is 0.00613. The number of pyridine rings is 2. The molecule has 1 amide bonds. The van der Waals surface area contributed by atoms with Crippen molar-refractivity contribution in [2.75, 3.05) is 17.2 Å². The molecule has 0 fully saturated rings. The molecule has 3 rings (SSSR count). The summed E-state index contributed by atoms with van der Waals surface area (Å²) in [6.07, 6.45) is 0.740. The van der Waals surface area contributed by atoms with E-state index in [0.717, 1.165) is 6.42 Å². The number of amides is 1. The number of nitrogen functional groups attached to an aromatic ring is 1. The second-order valence-corrected chi connectivity index (χ2v) is 11.7. The number of benzene rings is 1. The summed E-state index contributed by atoms with van der Waals surface area (Å²) in [6, 6.07) is 11.4. The highest BCUT2D eigenvalue weighted by molar-refractivity contribution is 7.90. The molecule has 0 bridgehead atoms. The van der Waals surface area contributed by atoms with E-state index < -0.39 is 21.7 Å². The predicted octanol–water partition coefficient (Wildman–Crippen LogP) is 5.03. The Bertz CT molecular complexity index is 1430. The molecule has 39 heavy (non-hydrogen) atoms. The summed E-state index contributed by atoms with van der Waals surface area (Å²) in [4.78, 5) is 23.9. The molecule has 2 aromatic heterocycles. The number of hydrogen-bond donors (Lipinski definition) is 2. The van der Waals surface area contributed by atoms with Gasteiger partial charge in [0.1, 0.15) is 23.2 Å². The fraction of sp³-hybridized carbons (Fsp3) is 0.393. The number of aromatic nitrogens is 2. The maximum absolute atomic E-state index is 14.5. The third-order valence-corrected chi connectivity index (χ3v) is 7.22. The minimum Gasteiger partial charge on any atom is -0.493 e. The summed E-state index contributed by atoms with van der Waals surface area (Å²) >= 11 is 0. The number of halogens is 1. The van der Waals surface area contributed by atoms with E-state index in [4.69, 9.17) is 15.5 Å². The molecule has 3 N–H and O–H groups in total. The van der Waals surface area contributed by atoms with Crippen molar-refractivity contribution < 1.29 is 22.3 Å². The second kappa shape index (κ2) is 12.4. The van der Waals surface area contributed by atoms with Crippen molar-refractivity contribution in [2.24, 2.45) is 5.92 Å². The topological polar surface area (TPSA) is 128 Å². The molecule has 210 valence electrons. The number of nitrogens with zero attached hydrogens (tertiary/aromatic N) is 3. The van der Waals surface area contributed by atoms with Gasteiger partial charge in [0.15, 0.2) is 5.03 Å². The highest BCUT2D eigenvalue weighted by atomic mass is 32.2. The lowest BCUT2D eigenvalue weighted by molar-refractivity contribution is 0.0981. The van der Waals surface area contributed by atoms with E-state index in [0.29, 0.717) is 23.6 Å². The van der Waals surface area contributed by atoms with Gasteiger partial charge in [0.05, 0.1) is 17.9 Å². The Morgan fingerprint density at radius 2 is 1.79 bits per heavy atom. The first-order valence-electron chi connectivity index (χ1n) is 12.8. The zero-order valence-corrected chi connectivity index (χ0v) is 23.9. The summed E-state index contributed by atoms with van der Waals surface area (Å²) in [5.74, 6) is -0.451. The molecule has 3 aromatic rings. The van der Waals surface area contributed by atoms with Crippen molar-refractivity contribution in [1.82, 2.24) is 14.7 Å². The molecule has 0 saturated carbocycles. The summed E-state index contributed by atoms with van der Waals surface area (Å²) in [7, 11) is -4.31. The first-order valence-corrected chi connectivity index (χ1v) is 14.3. The van der Waals surface area contributed by atoms with Gasteiger partial charge in [-0.2, -0.15) is 8.42 Å². The van der Waals surface area contributed by atoms with Crippen LogP contribution in [0.2, 0.25) is 0 Å². The van der Waals surface area contributed by atoms with E-state index in [1.165, 1.54) is 36.4 Å². The number of carbonyl (C=O) groups excluding carboxylic acids is 1. The van der Waals surface area contributed by atoms with Gasteiger partial charge in [0, 0.05) is 23.7 Å². The Hall–Kier alpha value is -3.73. The molecule has 1 aromatic carbocycles. The standard InChI is InChI=1S/C28H36FN5O4S/c1-7-19(6)34(18(4)5)27-23(28(35)33-39(36,37)26-10-8-9-25(30)32-26)11-12-24(31-27)20-13-21(29)15-22(14-20)38-16-17(2)3/h8-15,17-19H,7,16H2,1-6H3,(H2,30,32)(H,33,35)/t19-/m0/s1. The van der Waals surface area contributed by atoms with E-state index in [2.05, 4.69) is 9.71 Å². The van der Waals surface area contributed by atoms with Gasteiger partial charge in [0.25, 0.3) is 15.9 Å². The second-order valence-electron chi connectivity index (χ2n) is 10.0. The molecule has 0 aliphatic rings. The van der Waals surface area contributed by atoms with Gasteiger partial charge in [-0.1, -0.05) is 26.8 Å². The Labute approximate surface area is 229 Å². The van der Waals surface area contributed by atoms with Crippen molar-refractivity contribution in [1.29, 1.82) is 0 Å². The van der Waals surface area contributed by atoms with Crippen molar-refractivity contribution in [3.8, 4) is 17.0 Å². The highest BCUT2D eigenvalue weighted by Crippen LogP contribution is 2.31. The van der Waals surface area contributed by atoms with E-state index >= 15 is 0 Å². The maximum atomic E-state index is 14.5. The number of sulfonamides is 1. The Balaban J connectivity index is 2.10. The molecule has 0 saturated heterocycles. The van der Waals surface area contributed by atoms with Crippen LogP contribution in [0.1, 0.15) is 58.3 Å². The van der Waals surface area contributed by atoms with Crippen LogP contribution in [-0.2, 0) is 10.0 Å². The molecule has 9 nitrogen and oxygen atoms in total. The number of hydrogen-bond acceptors (Lipinski definition) is 8. The van der Waals surface area contributed by atoms with Crippen LogP contribution in [0.4, 0.5) is 16.0 Å². The van der Waals surface area contributed by atoms with Crippen LogP contribution in [0.25, 0.3) is 11.3 Å². The molecule has 0 aliphatic heterocycles. The number of anilines is 2. The van der Waals surface area contributed by atoms with E-state index in [9.17, 15) is 17.6 Å². The first kappa shape index (κ1) is 29.8. The van der Waals surface area contributed by atoms with Crippen LogP contribution in [0.5, 0.6) is 5.75 Å². The van der Waals surface area contributed by atoms with Crippen LogP contribution in [0, 0.1) is 11.7 Å². The number of ether oxygens (including phenoxy) is 1. The Morgan fingerprint density at radius 1 is 1.08 bits per heavy atom.